The summed E-state index contributed by atoms with van der Waals surface area (Å²) in [5.41, 5.74) is 5.83. The van der Waals surface area contributed by atoms with E-state index in [0.717, 1.165) is 22.4 Å². The predicted molar refractivity (Wildman–Crippen MR) is 103 cm³/mol. The molecule has 134 valence electrons. The first kappa shape index (κ1) is 16.8. The number of aromatic amines is 1. The predicted octanol–water partition coefficient (Wildman–Crippen LogP) is 3.88. The number of aromatic nitrogens is 2. The van der Waals surface area contributed by atoms with Crippen molar-refractivity contribution in [2.75, 3.05) is 5.32 Å². The highest BCUT2D eigenvalue weighted by Gasteiger charge is 2.28. The standard InChI is InChI=1S/C21H17N3O3/c1-11-17(23-12(2)18(11)21(26)27)9-15-19-14(13-5-4-8-22-10-13)6-3-7-16(19)24-20(15)25/h3-10,23H,1-2H3,(H,24,25)(H,26,27). The van der Waals surface area contributed by atoms with Gasteiger partial charge in [-0.15, -0.1) is 0 Å². The van der Waals surface area contributed by atoms with Gasteiger partial charge in [-0.05, 0) is 43.2 Å². The zero-order valence-electron chi connectivity index (χ0n) is 14.8. The molecule has 3 heterocycles. The van der Waals surface area contributed by atoms with Crippen LogP contribution in [0.25, 0.3) is 22.8 Å². The lowest BCUT2D eigenvalue weighted by molar-refractivity contribution is -0.110. The summed E-state index contributed by atoms with van der Waals surface area (Å²) < 4.78 is 0. The van der Waals surface area contributed by atoms with Crippen molar-refractivity contribution in [3.8, 4) is 11.1 Å². The largest absolute Gasteiger partial charge is 0.478 e. The molecule has 2 aromatic heterocycles. The van der Waals surface area contributed by atoms with E-state index in [2.05, 4.69) is 15.3 Å². The first-order chi connectivity index (χ1) is 13.0. The van der Waals surface area contributed by atoms with Crippen molar-refractivity contribution in [1.82, 2.24) is 9.97 Å². The Bertz CT molecular complexity index is 1110. The topological polar surface area (TPSA) is 95.1 Å². The van der Waals surface area contributed by atoms with Gasteiger partial charge in [-0.1, -0.05) is 18.2 Å². The minimum absolute atomic E-state index is 0.218. The van der Waals surface area contributed by atoms with Crippen molar-refractivity contribution < 1.29 is 14.7 Å². The van der Waals surface area contributed by atoms with E-state index >= 15 is 0 Å². The van der Waals surface area contributed by atoms with Crippen LogP contribution in [0.5, 0.6) is 0 Å². The van der Waals surface area contributed by atoms with Crippen LogP contribution in [-0.2, 0) is 4.79 Å². The number of aryl methyl sites for hydroxylation is 1. The fraction of sp³-hybridized carbons (Fsp3) is 0.0952. The molecule has 3 N–H and O–H groups in total. The van der Waals surface area contributed by atoms with E-state index in [-0.39, 0.29) is 11.5 Å². The molecule has 0 unspecified atom stereocenters. The molecular weight excluding hydrogens is 342 g/mol. The molecule has 6 heteroatoms. The number of carbonyl (C=O) groups excluding carboxylic acids is 1. The minimum Gasteiger partial charge on any atom is -0.478 e. The summed E-state index contributed by atoms with van der Waals surface area (Å²) in [4.78, 5) is 31.3. The second-order valence-corrected chi connectivity index (χ2v) is 6.45. The Kier molecular flexibility index (Phi) is 3.88. The molecule has 3 aromatic rings. The molecule has 0 atom stereocenters. The quantitative estimate of drug-likeness (QED) is 0.618. The maximum absolute atomic E-state index is 12.6. The molecule has 4 rings (SSSR count). The van der Waals surface area contributed by atoms with Crippen LogP contribution in [0.15, 0.2) is 42.7 Å². The van der Waals surface area contributed by atoms with Crippen molar-refractivity contribution in [2.45, 2.75) is 13.8 Å². The van der Waals surface area contributed by atoms with Gasteiger partial charge in [-0.3, -0.25) is 9.78 Å². The third-order valence-electron chi connectivity index (χ3n) is 4.78. The monoisotopic (exact) mass is 359 g/mol. The molecule has 0 bridgehead atoms. The number of amides is 1. The van der Waals surface area contributed by atoms with Crippen LogP contribution in [0, 0.1) is 13.8 Å². The molecule has 27 heavy (non-hydrogen) atoms. The maximum Gasteiger partial charge on any atom is 0.337 e. The van der Waals surface area contributed by atoms with Crippen LogP contribution in [-0.4, -0.2) is 27.0 Å². The van der Waals surface area contributed by atoms with Crippen LogP contribution < -0.4 is 5.32 Å². The number of H-pyrrole nitrogens is 1. The molecule has 0 saturated carbocycles. The molecule has 0 fully saturated rings. The van der Waals surface area contributed by atoms with E-state index in [1.165, 1.54) is 0 Å². The number of fused-ring (bicyclic) bond motifs is 1. The highest BCUT2D eigenvalue weighted by Crippen LogP contribution is 2.40. The van der Waals surface area contributed by atoms with Gasteiger partial charge < -0.3 is 15.4 Å². The van der Waals surface area contributed by atoms with Crippen molar-refractivity contribution in [2.24, 2.45) is 0 Å². The lowest BCUT2D eigenvalue weighted by Crippen LogP contribution is -2.03. The van der Waals surface area contributed by atoms with Crippen LogP contribution in [0.1, 0.15) is 32.9 Å². The Morgan fingerprint density at radius 3 is 2.67 bits per heavy atom. The second-order valence-electron chi connectivity index (χ2n) is 6.45. The molecule has 0 saturated heterocycles. The molecule has 1 amide bonds. The van der Waals surface area contributed by atoms with Crippen molar-refractivity contribution in [3.63, 3.8) is 0 Å². The van der Waals surface area contributed by atoms with E-state index in [9.17, 15) is 14.7 Å². The maximum atomic E-state index is 12.6. The van der Waals surface area contributed by atoms with E-state index in [0.29, 0.717) is 22.5 Å². The molecule has 6 nitrogen and oxygen atoms in total. The summed E-state index contributed by atoms with van der Waals surface area (Å²) in [6, 6.07) is 9.47. The third kappa shape index (κ3) is 2.71. The molecule has 0 spiro atoms. The lowest BCUT2D eigenvalue weighted by Gasteiger charge is -2.08. The van der Waals surface area contributed by atoms with Gasteiger partial charge in [0.05, 0.1) is 11.1 Å². The Morgan fingerprint density at radius 2 is 2.00 bits per heavy atom. The smallest absolute Gasteiger partial charge is 0.337 e. The zero-order valence-corrected chi connectivity index (χ0v) is 14.8. The number of hydrogen-bond acceptors (Lipinski definition) is 3. The number of benzene rings is 1. The first-order valence-electron chi connectivity index (χ1n) is 8.46. The van der Waals surface area contributed by atoms with Gasteiger partial charge >= 0.3 is 5.97 Å². The molecule has 1 aliphatic heterocycles. The van der Waals surface area contributed by atoms with Crippen molar-refractivity contribution in [3.05, 3.63) is 70.8 Å². The third-order valence-corrected chi connectivity index (χ3v) is 4.78. The molecule has 0 aliphatic carbocycles. The Balaban J connectivity index is 1.91. The van der Waals surface area contributed by atoms with Gasteiger partial charge in [0.2, 0.25) is 0 Å². The molecule has 1 aliphatic rings. The van der Waals surface area contributed by atoms with Crippen LogP contribution >= 0.6 is 0 Å². The minimum atomic E-state index is -0.988. The number of anilines is 1. The number of hydrogen-bond donors (Lipinski definition) is 3. The van der Waals surface area contributed by atoms with Crippen LogP contribution in [0.2, 0.25) is 0 Å². The number of aromatic carboxylic acids is 1. The van der Waals surface area contributed by atoms with E-state index in [4.69, 9.17) is 0 Å². The van der Waals surface area contributed by atoms with Gasteiger partial charge in [-0.25, -0.2) is 4.79 Å². The normalized spacial score (nSPS) is 14.3. The fourth-order valence-corrected chi connectivity index (χ4v) is 3.53. The highest BCUT2D eigenvalue weighted by molar-refractivity contribution is 6.36. The Hall–Kier alpha value is -3.67. The number of carboxylic acid groups (broad SMARTS) is 1. The van der Waals surface area contributed by atoms with Gasteiger partial charge in [-0.2, -0.15) is 0 Å². The van der Waals surface area contributed by atoms with E-state index in [1.54, 1.807) is 32.3 Å². The summed E-state index contributed by atoms with van der Waals surface area (Å²) in [5, 5.41) is 12.3. The molecule has 0 radical (unpaired) electrons. The summed E-state index contributed by atoms with van der Waals surface area (Å²) >= 11 is 0. The first-order valence-corrected chi connectivity index (χ1v) is 8.46. The van der Waals surface area contributed by atoms with Crippen LogP contribution in [0.3, 0.4) is 0 Å². The molecular formula is C21H17N3O3. The number of rotatable bonds is 3. The zero-order chi connectivity index (χ0) is 19.1. The number of pyridine rings is 1. The van der Waals surface area contributed by atoms with Gasteiger partial charge in [0.15, 0.2) is 0 Å². The fourth-order valence-electron chi connectivity index (χ4n) is 3.53. The Morgan fingerprint density at radius 1 is 1.19 bits per heavy atom. The van der Waals surface area contributed by atoms with Gasteiger partial charge in [0.1, 0.15) is 0 Å². The summed E-state index contributed by atoms with van der Waals surface area (Å²) in [6.07, 6.45) is 5.17. The summed E-state index contributed by atoms with van der Waals surface area (Å²) in [5.74, 6) is -1.21. The number of nitrogens with zero attached hydrogens (tertiary/aromatic N) is 1. The molecule has 1 aromatic carbocycles. The average Bonchev–Trinajstić information content (AvgIpc) is 3.11. The average molecular weight is 359 g/mol. The highest BCUT2D eigenvalue weighted by atomic mass is 16.4. The van der Waals surface area contributed by atoms with E-state index in [1.807, 2.05) is 30.3 Å². The van der Waals surface area contributed by atoms with E-state index < -0.39 is 5.97 Å². The number of carbonyl (C=O) groups is 2. The Labute approximate surface area is 155 Å². The van der Waals surface area contributed by atoms with Gasteiger partial charge in [0, 0.05) is 40.6 Å². The summed E-state index contributed by atoms with van der Waals surface area (Å²) in [6.45, 7) is 3.45. The summed E-state index contributed by atoms with van der Waals surface area (Å²) in [7, 11) is 0. The van der Waals surface area contributed by atoms with Crippen LogP contribution in [0.4, 0.5) is 5.69 Å². The van der Waals surface area contributed by atoms with Crippen molar-refractivity contribution in [1.29, 1.82) is 0 Å². The second kappa shape index (κ2) is 6.25. The van der Waals surface area contributed by atoms with Gasteiger partial charge in [0.25, 0.3) is 5.91 Å². The number of carboxylic acids is 1. The SMILES string of the molecule is Cc1[nH]c(C=C2C(=O)Nc3cccc(-c4cccnc4)c32)c(C)c1C(=O)O. The van der Waals surface area contributed by atoms with Crippen molar-refractivity contribution >= 4 is 29.2 Å². The lowest BCUT2D eigenvalue weighted by atomic mass is 9.95. The number of nitrogens with one attached hydrogen (secondary N) is 2.